The van der Waals surface area contributed by atoms with Gasteiger partial charge in [-0.3, -0.25) is 4.90 Å². The quantitative estimate of drug-likeness (QED) is 0.785. The van der Waals surface area contributed by atoms with Gasteiger partial charge >= 0.3 is 5.97 Å². The lowest BCUT2D eigenvalue weighted by Gasteiger charge is -2.33. The minimum absolute atomic E-state index is 0.0782. The summed E-state index contributed by atoms with van der Waals surface area (Å²) >= 11 is 0. The van der Waals surface area contributed by atoms with Gasteiger partial charge in [0.1, 0.15) is 6.10 Å². The normalized spacial score (nSPS) is 18.8. The molecule has 1 aromatic carbocycles. The van der Waals surface area contributed by atoms with Gasteiger partial charge in [0.2, 0.25) is 0 Å². The zero-order valence-corrected chi connectivity index (χ0v) is 12.6. The lowest BCUT2D eigenvalue weighted by molar-refractivity contribution is 0.0206. The standard InChI is InChI=1S/C16H24N2O2/c1-13-6-4-5-7-15(13)16(19)20-14(2)12-18-10-8-17(3)9-11-18/h4-7,14H,8-12H2,1-3H3. The summed E-state index contributed by atoms with van der Waals surface area (Å²) in [5.74, 6) is -0.218. The monoisotopic (exact) mass is 276 g/mol. The number of hydrogen-bond donors (Lipinski definition) is 0. The second-order valence-corrected chi connectivity index (χ2v) is 5.63. The van der Waals surface area contributed by atoms with Crippen molar-refractivity contribution >= 4 is 5.97 Å². The van der Waals surface area contributed by atoms with Gasteiger partial charge in [-0.05, 0) is 32.5 Å². The third-order valence-electron chi connectivity index (χ3n) is 3.78. The molecule has 0 amide bonds. The van der Waals surface area contributed by atoms with E-state index in [9.17, 15) is 4.79 Å². The molecular weight excluding hydrogens is 252 g/mol. The minimum atomic E-state index is -0.218. The minimum Gasteiger partial charge on any atom is -0.458 e. The number of carbonyl (C=O) groups is 1. The molecule has 1 aliphatic rings. The molecule has 20 heavy (non-hydrogen) atoms. The first kappa shape index (κ1) is 15.0. The van der Waals surface area contributed by atoms with E-state index < -0.39 is 0 Å². The average molecular weight is 276 g/mol. The summed E-state index contributed by atoms with van der Waals surface area (Å²) in [5.41, 5.74) is 1.63. The van der Waals surface area contributed by atoms with Gasteiger partial charge in [0.25, 0.3) is 0 Å². The Labute approximate surface area is 121 Å². The van der Waals surface area contributed by atoms with Crippen LogP contribution in [0.2, 0.25) is 0 Å². The number of piperazine rings is 1. The topological polar surface area (TPSA) is 32.8 Å². The second kappa shape index (κ2) is 6.86. The molecule has 0 saturated carbocycles. The number of nitrogens with zero attached hydrogens (tertiary/aromatic N) is 2. The number of carbonyl (C=O) groups excluding carboxylic acids is 1. The van der Waals surface area contributed by atoms with Gasteiger partial charge in [-0.25, -0.2) is 4.79 Å². The van der Waals surface area contributed by atoms with Crippen molar-refractivity contribution in [2.45, 2.75) is 20.0 Å². The number of likely N-dealkylation sites (N-methyl/N-ethyl adjacent to an activating group) is 1. The third-order valence-corrected chi connectivity index (χ3v) is 3.78. The molecule has 1 aromatic rings. The summed E-state index contributed by atoms with van der Waals surface area (Å²) in [6, 6.07) is 7.55. The van der Waals surface area contributed by atoms with Crippen molar-refractivity contribution in [3.8, 4) is 0 Å². The van der Waals surface area contributed by atoms with Crippen molar-refractivity contribution in [2.75, 3.05) is 39.8 Å². The maximum Gasteiger partial charge on any atom is 0.338 e. The number of ether oxygens (including phenoxy) is 1. The van der Waals surface area contributed by atoms with Gasteiger partial charge in [0.05, 0.1) is 5.56 Å². The molecule has 4 heteroatoms. The zero-order valence-electron chi connectivity index (χ0n) is 12.6. The van der Waals surface area contributed by atoms with E-state index in [0.717, 1.165) is 38.3 Å². The number of benzene rings is 1. The van der Waals surface area contributed by atoms with Gasteiger partial charge in [0.15, 0.2) is 0 Å². The van der Waals surface area contributed by atoms with Gasteiger partial charge in [-0.2, -0.15) is 0 Å². The Morgan fingerprint density at radius 3 is 2.55 bits per heavy atom. The van der Waals surface area contributed by atoms with Crippen LogP contribution < -0.4 is 0 Å². The maximum atomic E-state index is 12.1. The van der Waals surface area contributed by atoms with Crippen molar-refractivity contribution in [1.29, 1.82) is 0 Å². The van der Waals surface area contributed by atoms with E-state index in [1.807, 2.05) is 38.1 Å². The highest BCUT2D eigenvalue weighted by molar-refractivity contribution is 5.91. The molecule has 0 aromatic heterocycles. The summed E-state index contributed by atoms with van der Waals surface area (Å²) in [7, 11) is 2.14. The van der Waals surface area contributed by atoms with E-state index >= 15 is 0 Å². The van der Waals surface area contributed by atoms with E-state index in [2.05, 4.69) is 16.8 Å². The molecule has 0 radical (unpaired) electrons. The van der Waals surface area contributed by atoms with Gasteiger partial charge in [-0.1, -0.05) is 18.2 Å². The van der Waals surface area contributed by atoms with Crippen LogP contribution in [-0.2, 0) is 4.74 Å². The van der Waals surface area contributed by atoms with Crippen LogP contribution in [0, 0.1) is 6.92 Å². The van der Waals surface area contributed by atoms with Crippen LogP contribution in [-0.4, -0.2) is 61.6 Å². The summed E-state index contributed by atoms with van der Waals surface area (Å²) in [5, 5.41) is 0. The molecule has 0 spiro atoms. The molecule has 2 rings (SSSR count). The number of rotatable bonds is 4. The van der Waals surface area contributed by atoms with Crippen LogP contribution in [0.25, 0.3) is 0 Å². The van der Waals surface area contributed by atoms with Crippen molar-refractivity contribution in [1.82, 2.24) is 9.80 Å². The summed E-state index contributed by atoms with van der Waals surface area (Å²) in [6.45, 7) is 8.96. The molecule has 1 fully saturated rings. The predicted molar refractivity (Wildman–Crippen MR) is 80.0 cm³/mol. The van der Waals surface area contributed by atoms with E-state index in [0.29, 0.717) is 5.56 Å². The largest absolute Gasteiger partial charge is 0.458 e. The third kappa shape index (κ3) is 4.05. The molecule has 0 N–H and O–H groups in total. The first-order valence-corrected chi connectivity index (χ1v) is 7.24. The van der Waals surface area contributed by atoms with Gasteiger partial charge in [0, 0.05) is 32.7 Å². The van der Waals surface area contributed by atoms with Gasteiger partial charge < -0.3 is 9.64 Å². The lowest BCUT2D eigenvalue weighted by atomic mass is 10.1. The van der Waals surface area contributed by atoms with Crippen molar-refractivity contribution < 1.29 is 9.53 Å². The van der Waals surface area contributed by atoms with E-state index in [1.54, 1.807) is 0 Å². The second-order valence-electron chi connectivity index (χ2n) is 5.63. The number of aryl methyl sites for hydroxylation is 1. The summed E-state index contributed by atoms with van der Waals surface area (Å²) < 4.78 is 5.55. The highest BCUT2D eigenvalue weighted by atomic mass is 16.5. The SMILES string of the molecule is Cc1ccccc1C(=O)OC(C)CN1CCN(C)CC1. The number of esters is 1. The van der Waals surface area contributed by atoms with Crippen LogP contribution >= 0.6 is 0 Å². The Morgan fingerprint density at radius 2 is 1.90 bits per heavy atom. The molecule has 1 aliphatic heterocycles. The molecule has 1 unspecified atom stereocenters. The Bertz CT molecular complexity index is 454. The Balaban J connectivity index is 1.84. The van der Waals surface area contributed by atoms with Gasteiger partial charge in [-0.15, -0.1) is 0 Å². The molecule has 110 valence electrons. The Morgan fingerprint density at radius 1 is 1.25 bits per heavy atom. The Hall–Kier alpha value is -1.39. The van der Waals surface area contributed by atoms with E-state index in [4.69, 9.17) is 4.74 Å². The summed E-state index contributed by atoms with van der Waals surface area (Å²) in [4.78, 5) is 16.8. The van der Waals surface area contributed by atoms with E-state index in [1.165, 1.54) is 0 Å². The first-order valence-electron chi connectivity index (χ1n) is 7.24. The van der Waals surface area contributed by atoms with Crippen LogP contribution in [0.1, 0.15) is 22.8 Å². The fourth-order valence-electron chi connectivity index (χ4n) is 2.48. The zero-order chi connectivity index (χ0) is 14.5. The van der Waals surface area contributed by atoms with Crippen LogP contribution in [0.5, 0.6) is 0 Å². The fourth-order valence-corrected chi connectivity index (χ4v) is 2.48. The van der Waals surface area contributed by atoms with Crippen molar-refractivity contribution in [2.24, 2.45) is 0 Å². The fraction of sp³-hybridized carbons (Fsp3) is 0.562. The van der Waals surface area contributed by atoms with Crippen LogP contribution in [0.4, 0.5) is 0 Å². The molecule has 4 nitrogen and oxygen atoms in total. The highest BCUT2D eigenvalue weighted by Gasteiger charge is 2.19. The molecule has 1 atom stereocenters. The molecule has 0 aliphatic carbocycles. The van der Waals surface area contributed by atoms with Crippen molar-refractivity contribution in [3.05, 3.63) is 35.4 Å². The van der Waals surface area contributed by atoms with Crippen LogP contribution in [0.3, 0.4) is 0 Å². The molecular formula is C16H24N2O2. The summed E-state index contributed by atoms with van der Waals surface area (Å²) in [6.07, 6.45) is -0.0782. The number of hydrogen-bond acceptors (Lipinski definition) is 4. The lowest BCUT2D eigenvalue weighted by Crippen LogP contribution is -2.47. The Kier molecular flexibility index (Phi) is 5.15. The van der Waals surface area contributed by atoms with Crippen molar-refractivity contribution in [3.63, 3.8) is 0 Å². The average Bonchev–Trinajstić information content (AvgIpc) is 2.41. The van der Waals surface area contributed by atoms with Crippen LogP contribution in [0.15, 0.2) is 24.3 Å². The smallest absolute Gasteiger partial charge is 0.338 e. The maximum absolute atomic E-state index is 12.1. The highest BCUT2D eigenvalue weighted by Crippen LogP contribution is 2.11. The first-order chi connectivity index (χ1) is 9.56. The molecule has 1 saturated heterocycles. The predicted octanol–water partition coefficient (Wildman–Crippen LogP) is 1.79. The molecule has 1 heterocycles. The van der Waals surface area contributed by atoms with E-state index in [-0.39, 0.29) is 12.1 Å². The molecule has 0 bridgehead atoms.